The van der Waals surface area contributed by atoms with Crippen molar-refractivity contribution in [2.45, 2.75) is 32.6 Å². The smallest absolute Gasteiger partial charge is 0.239 e. The number of anilines is 1. The highest BCUT2D eigenvalue weighted by Gasteiger charge is 2.37. The van der Waals surface area contributed by atoms with E-state index < -0.39 is 5.92 Å². The van der Waals surface area contributed by atoms with Gasteiger partial charge in [-0.05, 0) is 43.0 Å². The summed E-state index contributed by atoms with van der Waals surface area (Å²) in [6.07, 6.45) is 1.30. The topological polar surface area (TPSA) is 75.4 Å². The van der Waals surface area contributed by atoms with Gasteiger partial charge in [-0.15, -0.1) is 12.4 Å². The van der Waals surface area contributed by atoms with Crippen molar-refractivity contribution < 1.29 is 9.59 Å². The summed E-state index contributed by atoms with van der Waals surface area (Å²) in [7, 11) is 0. The van der Waals surface area contributed by atoms with Crippen LogP contribution in [0.3, 0.4) is 0 Å². The van der Waals surface area contributed by atoms with Gasteiger partial charge in [-0.25, -0.2) is 0 Å². The number of nitrogens with one attached hydrogen (secondary N) is 1. The van der Waals surface area contributed by atoms with Crippen LogP contribution >= 0.6 is 12.4 Å². The third-order valence-corrected chi connectivity index (χ3v) is 4.07. The third kappa shape index (κ3) is 4.69. The van der Waals surface area contributed by atoms with Gasteiger partial charge in [0.15, 0.2) is 0 Å². The molecule has 1 aromatic rings. The van der Waals surface area contributed by atoms with E-state index in [1.54, 1.807) is 4.90 Å². The van der Waals surface area contributed by atoms with Gasteiger partial charge in [0.1, 0.15) is 5.92 Å². The van der Waals surface area contributed by atoms with Crippen molar-refractivity contribution in [2.24, 2.45) is 11.7 Å². The van der Waals surface area contributed by atoms with Gasteiger partial charge in [0.2, 0.25) is 11.8 Å². The molecule has 1 aliphatic rings. The van der Waals surface area contributed by atoms with Gasteiger partial charge in [-0.3, -0.25) is 9.59 Å². The van der Waals surface area contributed by atoms with E-state index in [2.05, 4.69) is 19.2 Å². The lowest BCUT2D eigenvalue weighted by Gasteiger charge is -2.17. The van der Waals surface area contributed by atoms with Crippen molar-refractivity contribution in [3.63, 3.8) is 0 Å². The largest absolute Gasteiger partial charge is 0.355 e. The average Bonchev–Trinajstić information content (AvgIpc) is 2.89. The number of benzene rings is 1. The minimum Gasteiger partial charge on any atom is -0.355 e. The van der Waals surface area contributed by atoms with Crippen molar-refractivity contribution >= 4 is 29.9 Å². The molecular formula is C17H26ClN3O2. The highest BCUT2D eigenvalue weighted by Crippen LogP contribution is 2.27. The maximum Gasteiger partial charge on any atom is 0.239 e. The van der Waals surface area contributed by atoms with Crippen LogP contribution in [0.1, 0.15) is 38.2 Å². The standard InChI is InChI=1S/C17H25N3O2.ClH/c1-12(2)13-4-6-14(7-5-13)20-11-8-15(17(20)22)16(21)19-10-3-9-18;/h4-7,12,15H,3,8-11,18H2,1-2H3,(H,19,21);1H. The zero-order chi connectivity index (χ0) is 16.1. The van der Waals surface area contributed by atoms with Crippen LogP contribution in [0.25, 0.3) is 0 Å². The number of carbonyl (C=O) groups is 2. The molecule has 0 saturated carbocycles. The fourth-order valence-corrected chi connectivity index (χ4v) is 2.66. The lowest BCUT2D eigenvalue weighted by atomic mass is 10.0. The molecular weight excluding hydrogens is 314 g/mol. The maximum absolute atomic E-state index is 12.4. The minimum absolute atomic E-state index is 0. The van der Waals surface area contributed by atoms with Crippen LogP contribution in [-0.2, 0) is 9.59 Å². The van der Waals surface area contributed by atoms with Crippen molar-refractivity contribution in [2.75, 3.05) is 24.5 Å². The molecule has 6 heteroatoms. The normalized spacial score (nSPS) is 17.3. The van der Waals surface area contributed by atoms with Crippen LogP contribution in [0.4, 0.5) is 5.69 Å². The van der Waals surface area contributed by atoms with E-state index in [1.165, 1.54) is 5.56 Å². The zero-order valence-corrected chi connectivity index (χ0v) is 14.6. The van der Waals surface area contributed by atoms with Crippen molar-refractivity contribution in [1.29, 1.82) is 0 Å². The molecule has 0 radical (unpaired) electrons. The molecule has 1 saturated heterocycles. The first-order valence-electron chi connectivity index (χ1n) is 7.93. The number of nitrogens with zero attached hydrogens (tertiary/aromatic N) is 1. The van der Waals surface area contributed by atoms with Gasteiger partial charge in [-0.1, -0.05) is 26.0 Å². The number of nitrogens with two attached hydrogens (primary N) is 1. The van der Waals surface area contributed by atoms with E-state index >= 15 is 0 Å². The van der Waals surface area contributed by atoms with E-state index in [1.807, 2.05) is 24.3 Å². The van der Waals surface area contributed by atoms with Gasteiger partial charge in [0, 0.05) is 18.8 Å². The van der Waals surface area contributed by atoms with Gasteiger partial charge < -0.3 is 16.0 Å². The molecule has 128 valence electrons. The van der Waals surface area contributed by atoms with E-state index in [0.29, 0.717) is 32.0 Å². The van der Waals surface area contributed by atoms with Gasteiger partial charge in [0.25, 0.3) is 0 Å². The molecule has 0 aromatic heterocycles. The summed E-state index contributed by atoms with van der Waals surface area (Å²) in [5, 5.41) is 2.79. The summed E-state index contributed by atoms with van der Waals surface area (Å²) in [5.74, 6) is -0.394. The minimum atomic E-state index is -0.567. The molecule has 3 N–H and O–H groups in total. The van der Waals surface area contributed by atoms with E-state index in [9.17, 15) is 9.59 Å². The Morgan fingerprint density at radius 3 is 2.57 bits per heavy atom. The molecule has 1 aromatic carbocycles. The molecule has 0 aliphatic carbocycles. The average molecular weight is 340 g/mol. The molecule has 1 heterocycles. The second kappa shape index (κ2) is 8.89. The van der Waals surface area contributed by atoms with Crippen molar-refractivity contribution in [1.82, 2.24) is 5.32 Å². The van der Waals surface area contributed by atoms with Crippen LogP contribution in [0.15, 0.2) is 24.3 Å². The number of hydrogen-bond donors (Lipinski definition) is 2. The van der Waals surface area contributed by atoms with E-state index in [0.717, 1.165) is 12.1 Å². The predicted octanol–water partition coefficient (Wildman–Crippen LogP) is 2.05. The van der Waals surface area contributed by atoms with Crippen LogP contribution < -0.4 is 16.0 Å². The molecule has 1 atom stereocenters. The van der Waals surface area contributed by atoms with Crippen LogP contribution in [0.5, 0.6) is 0 Å². The van der Waals surface area contributed by atoms with Crippen LogP contribution in [0, 0.1) is 5.92 Å². The van der Waals surface area contributed by atoms with E-state index in [4.69, 9.17) is 5.73 Å². The molecule has 5 nitrogen and oxygen atoms in total. The molecule has 1 unspecified atom stereocenters. The molecule has 2 rings (SSSR count). The lowest BCUT2D eigenvalue weighted by molar-refractivity contribution is -0.132. The predicted molar refractivity (Wildman–Crippen MR) is 94.9 cm³/mol. The van der Waals surface area contributed by atoms with Crippen LogP contribution in [-0.4, -0.2) is 31.4 Å². The lowest BCUT2D eigenvalue weighted by Crippen LogP contribution is -2.37. The summed E-state index contributed by atoms with van der Waals surface area (Å²) in [6.45, 7) is 5.93. The second-order valence-corrected chi connectivity index (χ2v) is 6.01. The fraction of sp³-hybridized carbons (Fsp3) is 0.529. The number of rotatable bonds is 6. The number of hydrogen-bond acceptors (Lipinski definition) is 3. The molecule has 1 aliphatic heterocycles. The Kier molecular flexibility index (Phi) is 7.52. The summed E-state index contributed by atoms with van der Waals surface area (Å²) in [6, 6.07) is 8.01. The quantitative estimate of drug-likeness (QED) is 0.615. The highest BCUT2D eigenvalue weighted by atomic mass is 35.5. The SMILES string of the molecule is CC(C)c1ccc(N2CCC(C(=O)NCCCN)C2=O)cc1.Cl. The van der Waals surface area contributed by atoms with Crippen molar-refractivity contribution in [3.05, 3.63) is 29.8 Å². The van der Waals surface area contributed by atoms with Crippen LogP contribution in [0.2, 0.25) is 0 Å². The summed E-state index contributed by atoms with van der Waals surface area (Å²) >= 11 is 0. The summed E-state index contributed by atoms with van der Waals surface area (Å²) < 4.78 is 0. The molecule has 1 fully saturated rings. The number of halogens is 1. The molecule has 23 heavy (non-hydrogen) atoms. The Labute approximate surface area is 144 Å². The Morgan fingerprint density at radius 1 is 1.35 bits per heavy atom. The molecule has 0 bridgehead atoms. The Morgan fingerprint density at radius 2 is 2.00 bits per heavy atom. The monoisotopic (exact) mass is 339 g/mol. The first-order chi connectivity index (χ1) is 10.5. The fourth-order valence-electron chi connectivity index (χ4n) is 2.66. The highest BCUT2D eigenvalue weighted by molar-refractivity contribution is 6.09. The van der Waals surface area contributed by atoms with Gasteiger partial charge >= 0.3 is 0 Å². The zero-order valence-electron chi connectivity index (χ0n) is 13.7. The van der Waals surface area contributed by atoms with Gasteiger partial charge in [0.05, 0.1) is 0 Å². The summed E-state index contributed by atoms with van der Waals surface area (Å²) in [4.78, 5) is 26.2. The Hall–Kier alpha value is -1.59. The third-order valence-electron chi connectivity index (χ3n) is 4.07. The Balaban J connectivity index is 0.00000264. The second-order valence-electron chi connectivity index (χ2n) is 6.01. The first kappa shape index (κ1) is 19.5. The van der Waals surface area contributed by atoms with Crippen molar-refractivity contribution in [3.8, 4) is 0 Å². The number of carbonyl (C=O) groups excluding carboxylic acids is 2. The first-order valence-corrected chi connectivity index (χ1v) is 7.93. The summed E-state index contributed by atoms with van der Waals surface area (Å²) in [5.41, 5.74) is 7.51. The Bertz CT molecular complexity index is 531. The van der Waals surface area contributed by atoms with E-state index in [-0.39, 0.29) is 24.2 Å². The number of amides is 2. The molecule has 2 amide bonds. The van der Waals surface area contributed by atoms with Gasteiger partial charge in [-0.2, -0.15) is 0 Å². The molecule has 0 spiro atoms. The maximum atomic E-state index is 12.4.